The van der Waals surface area contributed by atoms with Gasteiger partial charge in [-0.25, -0.2) is 9.97 Å². The van der Waals surface area contributed by atoms with Gasteiger partial charge in [-0.1, -0.05) is 0 Å². The predicted octanol–water partition coefficient (Wildman–Crippen LogP) is 0.997. The molecule has 0 aromatic carbocycles. The first kappa shape index (κ1) is 16.3. The molecule has 1 aliphatic heterocycles. The second-order valence-electron chi connectivity index (χ2n) is 5.85. The molecule has 1 saturated heterocycles. The fraction of sp³-hybridized carbons (Fsp3) is 0.412. The van der Waals surface area contributed by atoms with E-state index in [0.717, 1.165) is 11.8 Å². The molecule has 1 aliphatic rings. The number of methoxy groups -OCH3 is 1. The molecule has 1 unspecified atom stereocenters. The summed E-state index contributed by atoms with van der Waals surface area (Å²) in [6.45, 7) is 0.655. The van der Waals surface area contributed by atoms with Crippen molar-refractivity contribution in [2.45, 2.75) is 18.4 Å². The van der Waals surface area contributed by atoms with Gasteiger partial charge in [0, 0.05) is 32.3 Å². The molecule has 24 heavy (non-hydrogen) atoms. The number of likely N-dealkylation sites (tertiary alicyclic amines) is 1. The van der Waals surface area contributed by atoms with Crippen molar-refractivity contribution in [1.29, 1.82) is 0 Å². The van der Waals surface area contributed by atoms with Crippen molar-refractivity contribution in [2.24, 2.45) is 0 Å². The highest BCUT2D eigenvalue weighted by atomic mass is 16.5. The van der Waals surface area contributed by atoms with Crippen LogP contribution < -0.4 is 5.32 Å². The Bertz CT molecular complexity index is 779. The molecule has 0 radical (unpaired) electrons. The van der Waals surface area contributed by atoms with Crippen LogP contribution in [0.4, 0.5) is 0 Å². The first-order valence-electron chi connectivity index (χ1n) is 7.87. The van der Waals surface area contributed by atoms with E-state index < -0.39 is 5.54 Å². The Labute approximate surface area is 140 Å². The van der Waals surface area contributed by atoms with Gasteiger partial charge < -0.3 is 15.0 Å². The van der Waals surface area contributed by atoms with Crippen LogP contribution in [0.25, 0.3) is 11.0 Å². The van der Waals surface area contributed by atoms with Crippen LogP contribution in [-0.2, 0) is 9.53 Å². The van der Waals surface area contributed by atoms with Crippen LogP contribution in [0, 0.1) is 0 Å². The van der Waals surface area contributed by atoms with E-state index in [2.05, 4.69) is 15.3 Å². The second kappa shape index (κ2) is 6.52. The summed E-state index contributed by atoms with van der Waals surface area (Å²) in [6, 6.07) is 7.20. The van der Waals surface area contributed by atoms with E-state index in [1.807, 2.05) is 18.2 Å². The Kier molecular flexibility index (Phi) is 4.44. The number of carbonyl (C=O) groups is 2. The maximum absolute atomic E-state index is 13.0. The van der Waals surface area contributed by atoms with E-state index in [-0.39, 0.29) is 24.1 Å². The van der Waals surface area contributed by atoms with Crippen LogP contribution in [0.5, 0.6) is 0 Å². The molecule has 0 aliphatic carbocycles. The average Bonchev–Trinajstić information content (AvgIpc) is 3.05. The molecule has 0 saturated carbocycles. The van der Waals surface area contributed by atoms with E-state index in [4.69, 9.17) is 4.74 Å². The largest absolute Gasteiger partial charge is 0.382 e. The number of ether oxygens (including phenoxy) is 1. The molecule has 126 valence electrons. The molecule has 2 aromatic rings. The molecule has 0 spiro atoms. The highest BCUT2D eigenvalue weighted by molar-refractivity contribution is 5.99. The Morgan fingerprint density at radius 2 is 2.21 bits per heavy atom. The van der Waals surface area contributed by atoms with Gasteiger partial charge in [-0.2, -0.15) is 0 Å². The smallest absolute Gasteiger partial charge is 0.273 e. The number of hydrogen-bond acceptors (Lipinski definition) is 5. The molecule has 1 fully saturated rings. The van der Waals surface area contributed by atoms with Gasteiger partial charge in [0.25, 0.3) is 5.91 Å². The third-order valence-corrected chi connectivity index (χ3v) is 4.45. The molecule has 1 N–H and O–H groups in total. The lowest BCUT2D eigenvalue weighted by Gasteiger charge is -2.36. The predicted molar refractivity (Wildman–Crippen MR) is 88.5 cm³/mol. The van der Waals surface area contributed by atoms with Gasteiger partial charge in [-0.3, -0.25) is 9.59 Å². The number of pyridine rings is 2. The van der Waals surface area contributed by atoms with Crippen molar-refractivity contribution in [3.05, 3.63) is 36.2 Å². The van der Waals surface area contributed by atoms with Crippen LogP contribution in [0.15, 0.2) is 30.5 Å². The standard InChI is InChI=1S/C17H20N4O3/c1-18-16(23)17(11-24-2)8-4-10-21(17)15(22)13-7-6-12-5-3-9-19-14(12)20-13/h3,5-7,9H,4,8,10-11H2,1-2H3,(H,18,23). The fourth-order valence-electron chi connectivity index (χ4n) is 3.31. The maximum atomic E-state index is 13.0. The maximum Gasteiger partial charge on any atom is 0.273 e. The third-order valence-electron chi connectivity index (χ3n) is 4.45. The molecule has 2 amide bonds. The molecule has 3 rings (SSSR count). The van der Waals surface area contributed by atoms with Crippen LogP contribution >= 0.6 is 0 Å². The van der Waals surface area contributed by atoms with E-state index >= 15 is 0 Å². The monoisotopic (exact) mass is 328 g/mol. The molecule has 1 atom stereocenters. The van der Waals surface area contributed by atoms with E-state index in [1.54, 1.807) is 24.2 Å². The van der Waals surface area contributed by atoms with Gasteiger partial charge in [0.1, 0.15) is 11.2 Å². The van der Waals surface area contributed by atoms with Gasteiger partial charge in [0.2, 0.25) is 5.91 Å². The number of amides is 2. The van der Waals surface area contributed by atoms with E-state index in [1.165, 1.54) is 7.11 Å². The summed E-state index contributed by atoms with van der Waals surface area (Å²) >= 11 is 0. The van der Waals surface area contributed by atoms with Crippen molar-refractivity contribution in [3.63, 3.8) is 0 Å². The minimum absolute atomic E-state index is 0.157. The number of carbonyl (C=O) groups excluding carboxylic acids is 2. The lowest BCUT2D eigenvalue weighted by atomic mass is 9.95. The molecule has 7 heteroatoms. The lowest BCUT2D eigenvalue weighted by Crippen LogP contribution is -2.59. The van der Waals surface area contributed by atoms with Crippen LogP contribution in [0.2, 0.25) is 0 Å². The van der Waals surface area contributed by atoms with Gasteiger partial charge in [0.15, 0.2) is 5.65 Å². The number of nitrogens with one attached hydrogen (secondary N) is 1. The zero-order valence-corrected chi connectivity index (χ0v) is 13.8. The van der Waals surface area contributed by atoms with Crippen molar-refractivity contribution >= 4 is 22.8 Å². The summed E-state index contributed by atoms with van der Waals surface area (Å²) in [5, 5.41) is 3.52. The first-order valence-corrected chi connectivity index (χ1v) is 7.87. The van der Waals surface area contributed by atoms with Crippen LogP contribution in [0.3, 0.4) is 0 Å². The number of hydrogen-bond donors (Lipinski definition) is 1. The summed E-state index contributed by atoms with van der Waals surface area (Å²) in [5.74, 6) is -0.491. The van der Waals surface area contributed by atoms with Gasteiger partial charge in [0.05, 0.1) is 6.61 Å². The normalized spacial score (nSPS) is 20.3. The highest BCUT2D eigenvalue weighted by Gasteiger charge is 2.49. The molecular weight excluding hydrogens is 308 g/mol. The Hall–Kier alpha value is -2.54. The highest BCUT2D eigenvalue weighted by Crippen LogP contribution is 2.31. The first-order chi connectivity index (χ1) is 11.6. The average molecular weight is 328 g/mol. The van der Waals surface area contributed by atoms with E-state index in [9.17, 15) is 9.59 Å². The molecular formula is C17H20N4O3. The van der Waals surface area contributed by atoms with E-state index in [0.29, 0.717) is 18.6 Å². The zero-order chi connectivity index (χ0) is 17.2. The number of aromatic nitrogens is 2. The Morgan fingerprint density at radius 1 is 1.38 bits per heavy atom. The number of nitrogens with zero attached hydrogens (tertiary/aromatic N) is 3. The van der Waals surface area contributed by atoms with Gasteiger partial charge >= 0.3 is 0 Å². The van der Waals surface area contributed by atoms with Gasteiger partial charge in [-0.05, 0) is 37.1 Å². The topological polar surface area (TPSA) is 84.4 Å². The summed E-state index contributed by atoms with van der Waals surface area (Å²) in [7, 11) is 3.10. The van der Waals surface area contributed by atoms with Crippen molar-refractivity contribution in [1.82, 2.24) is 20.2 Å². The SMILES string of the molecule is CNC(=O)C1(COC)CCCN1C(=O)c1ccc2cccnc2n1. The summed E-state index contributed by atoms with van der Waals surface area (Å²) in [5.41, 5.74) is -0.186. The number of rotatable bonds is 4. The minimum Gasteiger partial charge on any atom is -0.382 e. The van der Waals surface area contributed by atoms with Crippen molar-refractivity contribution < 1.29 is 14.3 Å². The fourth-order valence-corrected chi connectivity index (χ4v) is 3.31. The molecule has 0 bridgehead atoms. The van der Waals surface area contributed by atoms with Crippen molar-refractivity contribution in [3.8, 4) is 0 Å². The van der Waals surface area contributed by atoms with Crippen molar-refractivity contribution in [2.75, 3.05) is 27.3 Å². The Morgan fingerprint density at radius 3 is 2.96 bits per heavy atom. The summed E-state index contributed by atoms with van der Waals surface area (Å²) < 4.78 is 5.25. The van der Waals surface area contributed by atoms with Gasteiger partial charge in [-0.15, -0.1) is 0 Å². The summed E-state index contributed by atoms with van der Waals surface area (Å²) in [6.07, 6.45) is 2.95. The third kappa shape index (κ3) is 2.60. The number of likely N-dealkylation sites (N-methyl/N-ethyl adjacent to an activating group) is 1. The van der Waals surface area contributed by atoms with Crippen LogP contribution in [-0.4, -0.2) is 59.5 Å². The van der Waals surface area contributed by atoms with Crippen LogP contribution in [0.1, 0.15) is 23.3 Å². The Balaban J connectivity index is 1.98. The molecule has 3 heterocycles. The molecule has 2 aromatic heterocycles. The lowest BCUT2D eigenvalue weighted by molar-refractivity contribution is -0.133. The summed E-state index contributed by atoms with van der Waals surface area (Å²) in [4.78, 5) is 35.6. The second-order valence-corrected chi connectivity index (χ2v) is 5.85. The quantitative estimate of drug-likeness (QED) is 0.905. The minimum atomic E-state index is -0.985. The zero-order valence-electron chi connectivity index (χ0n) is 13.8. The molecule has 7 nitrogen and oxygen atoms in total. The number of fused-ring (bicyclic) bond motifs is 1.